The van der Waals surface area contributed by atoms with Crippen LogP contribution in [-0.4, -0.2) is 34.0 Å². The molecule has 2 amide bonds. The Morgan fingerprint density at radius 2 is 1.61 bits per heavy atom. The van der Waals surface area contributed by atoms with Gasteiger partial charge in [0.2, 0.25) is 6.41 Å². The fraction of sp³-hybridized carbons (Fsp3) is 0.100. The van der Waals surface area contributed by atoms with Crippen LogP contribution in [-0.2, 0) is 14.6 Å². The molecule has 0 bridgehead atoms. The van der Waals surface area contributed by atoms with Crippen LogP contribution in [0.3, 0.4) is 0 Å². The lowest BCUT2D eigenvalue weighted by Gasteiger charge is -2.11. The third-order valence-electron chi connectivity index (χ3n) is 4.26. The van der Waals surface area contributed by atoms with Crippen molar-refractivity contribution in [3.63, 3.8) is 0 Å². The van der Waals surface area contributed by atoms with Crippen molar-refractivity contribution in [2.24, 2.45) is 5.73 Å². The highest BCUT2D eigenvalue weighted by atomic mass is 32.2. The van der Waals surface area contributed by atoms with E-state index in [1.54, 1.807) is 25.2 Å². The summed E-state index contributed by atoms with van der Waals surface area (Å²) in [5.41, 5.74) is 8.63. The first kappa shape index (κ1) is 19.8. The van der Waals surface area contributed by atoms with Gasteiger partial charge in [0.15, 0.2) is 9.84 Å². The number of amides is 2. The molecular weight excluding hydrogens is 396 g/mol. The molecular formula is C20H18N2O4S2. The second-order valence-electron chi connectivity index (χ2n) is 6.28. The molecule has 0 atom stereocenters. The van der Waals surface area contributed by atoms with Gasteiger partial charge in [-0.25, -0.2) is 8.42 Å². The highest BCUT2D eigenvalue weighted by Crippen LogP contribution is 2.40. The maximum atomic E-state index is 11.7. The SMILES string of the molecule is CN(C=O)c1ccc(-c2sc(C(N)=O)cc2-c2ccc(S(C)(=O)=O)cc2)cc1. The number of sulfone groups is 1. The summed E-state index contributed by atoms with van der Waals surface area (Å²) in [6, 6.07) is 15.6. The summed E-state index contributed by atoms with van der Waals surface area (Å²) in [7, 11) is -1.63. The third-order valence-corrected chi connectivity index (χ3v) is 6.59. The van der Waals surface area contributed by atoms with Crippen LogP contribution in [0.1, 0.15) is 9.67 Å². The van der Waals surface area contributed by atoms with Gasteiger partial charge in [0.25, 0.3) is 5.91 Å². The predicted octanol–water partition coefficient (Wildman–Crippen LogP) is 3.18. The minimum absolute atomic E-state index is 0.226. The molecule has 6 nitrogen and oxygen atoms in total. The minimum Gasteiger partial charge on any atom is -0.365 e. The molecule has 28 heavy (non-hydrogen) atoms. The van der Waals surface area contributed by atoms with Crippen molar-refractivity contribution >= 4 is 39.2 Å². The molecule has 144 valence electrons. The fourth-order valence-corrected chi connectivity index (χ4v) is 4.40. The van der Waals surface area contributed by atoms with Crippen molar-refractivity contribution in [1.82, 2.24) is 0 Å². The van der Waals surface area contributed by atoms with E-state index in [0.29, 0.717) is 4.88 Å². The number of rotatable bonds is 6. The number of hydrogen-bond acceptors (Lipinski definition) is 5. The molecule has 0 fully saturated rings. The van der Waals surface area contributed by atoms with Crippen LogP contribution in [0.15, 0.2) is 59.5 Å². The van der Waals surface area contributed by atoms with Crippen molar-refractivity contribution in [3.8, 4) is 21.6 Å². The number of benzene rings is 2. The van der Waals surface area contributed by atoms with Crippen molar-refractivity contribution in [2.75, 3.05) is 18.2 Å². The number of carbonyl (C=O) groups excluding carboxylic acids is 2. The van der Waals surface area contributed by atoms with Gasteiger partial charge >= 0.3 is 0 Å². The summed E-state index contributed by atoms with van der Waals surface area (Å²) in [6.07, 6.45) is 1.88. The van der Waals surface area contributed by atoms with Gasteiger partial charge in [-0.05, 0) is 41.5 Å². The topological polar surface area (TPSA) is 97.5 Å². The average Bonchev–Trinajstić information content (AvgIpc) is 3.12. The summed E-state index contributed by atoms with van der Waals surface area (Å²) < 4.78 is 23.4. The number of carbonyl (C=O) groups is 2. The molecule has 3 rings (SSSR count). The Morgan fingerprint density at radius 1 is 1.04 bits per heavy atom. The molecule has 0 aliphatic heterocycles. The number of nitrogens with two attached hydrogens (primary N) is 1. The molecule has 3 aromatic rings. The molecule has 1 aromatic heterocycles. The first-order valence-corrected chi connectivity index (χ1v) is 10.9. The van der Waals surface area contributed by atoms with Crippen LogP contribution in [0, 0.1) is 0 Å². The van der Waals surface area contributed by atoms with Gasteiger partial charge in [0.05, 0.1) is 9.77 Å². The Hall–Kier alpha value is -2.97. The third kappa shape index (κ3) is 3.97. The van der Waals surface area contributed by atoms with E-state index in [9.17, 15) is 18.0 Å². The van der Waals surface area contributed by atoms with E-state index in [-0.39, 0.29) is 4.90 Å². The standard InChI is InChI=1S/C20H18N2O4S2/c1-22(12-23)15-7-3-14(4-8-15)19-17(11-18(27-19)20(21)24)13-5-9-16(10-6-13)28(2,25)26/h3-12H,1-2H3,(H2,21,24). The van der Waals surface area contributed by atoms with Crippen molar-refractivity contribution in [3.05, 3.63) is 59.5 Å². The van der Waals surface area contributed by atoms with Crippen LogP contribution < -0.4 is 10.6 Å². The molecule has 0 aliphatic carbocycles. The van der Waals surface area contributed by atoms with Gasteiger partial charge in [-0.2, -0.15) is 0 Å². The summed E-state index contributed by atoms with van der Waals surface area (Å²) >= 11 is 1.27. The van der Waals surface area contributed by atoms with E-state index in [0.717, 1.165) is 39.9 Å². The number of nitrogens with zero attached hydrogens (tertiary/aromatic N) is 1. The molecule has 0 aliphatic rings. The second kappa shape index (κ2) is 7.57. The quantitative estimate of drug-likeness (QED) is 0.627. The van der Waals surface area contributed by atoms with Gasteiger partial charge < -0.3 is 10.6 Å². The van der Waals surface area contributed by atoms with E-state index >= 15 is 0 Å². The lowest BCUT2D eigenvalue weighted by molar-refractivity contribution is -0.107. The normalized spacial score (nSPS) is 11.2. The smallest absolute Gasteiger partial charge is 0.258 e. The van der Waals surface area contributed by atoms with Gasteiger partial charge in [-0.1, -0.05) is 24.3 Å². The van der Waals surface area contributed by atoms with Crippen LogP contribution in [0.2, 0.25) is 0 Å². The Labute approximate surface area is 167 Å². The monoisotopic (exact) mass is 414 g/mol. The summed E-state index contributed by atoms with van der Waals surface area (Å²) in [5, 5.41) is 0. The van der Waals surface area contributed by atoms with E-state index in [1.807, 2.05) is 24.3 Å². The number of thiophene rings is 1. The van der Waals surface area contributed by atoms with Crippen molar-refractivity contribution < 1.29 is 18.0 Å². The highest BCUT2D eigenvalue weighted by Gasteiger charge is 2.17. The van der Waals surface area contributed by atoms with Gasteiger partial charge in [-0.15, -0.1) is 11.3 Å². The fourth-order valence-electron chi connectivity index (χ4n) is 2.73. The Balaban J connectivity index is 2.09. The Kier molecular flexibility index (Phi) is 5.35. The van der Waals surface area contributed by atoms with Crippen LogP contribution in [0.4, 0.5) is 5.69 Å². The molecule has 0 saturated carbocycles. The Bertz CT molecular complexity index is 1130. The molecule has 0 radical (unpaired) electrons. The average molecular weight is 415 g/mol. The summed E-state index contributed by atoms with van der Waals surface area (Å²) in [6.45, 7) is 0. The first-order valence-electron chi connectivity index (χ1n) is 8.23. The molecule has 2 aromatic carbocycles. The van der Waals surface area contributed by atoms with E-state index in [2.05, 4.69) is 0 Å². The zero-order valence-electron chi connectivity index (χ0n) is 15.2. The molecule has 1 heterocycles. The zero-order chi connectivity index (χ0) is 20.5. The highest BCUT2D eigenvalue weighted by molar-refractivity contribution is 7.90. The summed E-state index contributed by atoms with van der Waals surface area (Å²) in [5.74, 6) is -0.525. The lowest BCUT2D eigenvalue weighted by atomic mass is 10.0. The zero-order valence-corrected chi connectivity index (χ0v) is 16.9. The second-order valence-corrected chi connectivity index (χ2v) is 9.35. The molecule has 0 spiro atoms. The van der Waals surface area contributed by atoms with Crippen LogP contribution >= 0.6 is 11.3 Å². The number of hydrogen-bond donors (Lipinski definition) is 1. The number of anilines is 1. The van der Waals surface area contributed by atoms with Crippen molar-refractivity contribution in [1.29, 1.82) is 0 Å². The van der Waals surface area contributed by atoms with Crippen LogP contribution in [0.5, 0.6) is 0 Å². The molecule has 8 heteroatoms. The molecule has 0 saturated heterocycles. The predicted molar refractivity (Wildman–Crippen MR) is 111 cm³/mol. The Morgan fingerprint density at radius 3 is 2.11 bits per heavy atom. The van der Waals surface area contributed by atoms with E-state index in [4.69, 9.17) is 5.73 Å². The van der Waals surface area contributed by atoms with Gasteiger partial charge in [-0.3, -0.25) is 9.59 Å². The van der Waals surface area contributed by atoms with Crippen molar-refractivity contribution in [2.45, 2.75) is 4.90 Å². The summed E-state index contributed by atoms with van der Waals surface area (Å²) in [4.78, 5) is 25.5. The van der Waals surface area contributed by atoms with Crippen LogP contribution in [0.25, 0.3) is 21.6 Å². The lowest BCUT2D eigenvalue weighted by Crippen LogP contribution is -2.13. The maximum absolute atomic E-state index is 11.7. The first-order chi connectivity index (χ1) is 13.2. The maximum Gasteiger partial charge on any atom is 0.258 e. The van der Waals surface area contributed by atoms with Gasteiger partial charge in [0, 0.05) is 29.4 Å². The minimum atomic E-state index is -3.29. The molecule has 2 N–H and O–H groups in total. The van der Waals surface area contributed by atoms with E-state index < -0.39 is 15.7 Å². The number of primary amides is 1. The van der Waals surface area contributed by atoms with E-state index in [1.165, 1.54) is 28.4 Å². The molecule has 0 unspecified atom stereocenters. The largest absolute Gasteiger partial charge is 0.365 e. The van der Waals surface area contributed by atoms with Gasteiger partial charge in [0.1, 0.15) is 0 Å².